The average molecular weight is 775 g/mol. The number of hydrogen-bond acceptors (Lipinski definition) is 7. The molecule has 0 rings (SSSR count). The van der Waals surface area contributed by atoms with Crippen molar-refractivity contribution >= 4 is 17.9 Å². The number of rotatable bonds is 38. The van der Waals surface area contributed by atoms with Crippen LogP contribution in [0.15, 0.2) is 60.8 Å². The number of esters is 2. The molecular formula is C46H80NO8+. The van der Waals surface area contributed by atoms with Gasteiger partial charge < -0.3 is 28.5 Å². The number of quaternary nitrogens is 1. The van der Waals surface area contributed by atoms with Crippen molar-refractivity contribution in [3.05, 3.63) is 60.8 Å². The molecule has 0 aromatic heterocycles. The van der Waals surface area contributed by atoms with E-state index in [4.69, 9.17) is 18.9 Å². The molecule has 0 fully saturated rings. The molecule has 0 aliphatic rings. The van der Waals surface area contributed by atoms with Gasteiger partial charge in [0.25, 0.3) is 6.29 Å². The lowest BCUT2D eigenvalue weighted by Crippen LogP contribution is -2.40. The summed E-state index contributed by atoms with van der Waals surface area (Å²) in [5.74, 6) is -2.04. The molecule has 0 saturated carbocycles. The lowest BCUT2D eigenvalue weighted by molar-refractivity contribution is -0.870. The van der Waals surface area contributed by atoms with Gasteiger partial charge in [-0.2, -0.15) is 0 Å². The Kier molecular flexibility index (Phi) is 35.8. The van der Waals surface area contributed by atoms with E-state index in [1.807, 2.05) is 21.1 Å². The Labute approximate surface area is 335 Å². The number of aliphatic carboxylic acids is 1. The first-order valence-electron chi connectivity index (χ1n) is 21.5. The van der Waals surface area contributed by atoms with Crippen LogP contribution in [0.5, 0.6) is 0 Å². The molecule has 0 amide bonds. The monoisotopic (exact) mass is 775 g/mol. The van der Waals surface area contributed by atoms with Crippen LogP contribution in [0.4, 0.5) is 0 Å². The molecule has 0 heterocycles. The van der Waals surface area contributed by atoms with Gasteiger partial charge in [-0.3, -0.25) is 9.59 Å². The van der Waals surface area contributed by atoms with Crippen LogP contribution in [0.1, 0.15) is 155 Å². The van der Waals surface area contributed by atoms with E-state index < -0.39 is 24.3 Å². The number of likely N-dealkylation sites (N-methyl/N-ethyl adjacent to an activating group) is 1. The highest BCUT2D eigenvalue weighted by Gasteiger charge is 2.25. The van der Waals surface area contributed by atoms with E-state index in [0.29, 0.717) is 23.9 Å². The van der Waals surface area contributed by atoms with E-state index in [2.05, 4.69) is 74.6 Å². The molecule has 0 aromatic carbocycles. The van der Waals surface area contributed by atoms with Crippen molar-refractivity contribution in [2.45, 2.75) is 167 Å². The minimum absolute atomic E-state index is 0.184. The summed E-state index contributed by atoms with van der Waals surface area (Å²) < 4.78 is 22.5. The molecule has 0 saturated heterocycles. The maximum atomic E-state index is 12.7. The van der Waals surface area contributed by atoms with Crippen molar-refractivity contribution in [1.82, 2.24) is 0 Å². The zero-order valence-corrected chi connectivity index (χ0v) is 35.6. The van der Waals surface area contributed by atoms with Gasteiger partial charge in [0.2, 0.25) is 0 Å². The fraction of sp³-hybridized carbons (Fsp3) is 0.717. The number of unbranched alkanes of at least 4 members (excludes halogenated alkanes) is 13. The van der Waals surface area contributed by atoms with Crippen LogP contribution < -0.4 is 0 Å². The molecule has 0 aromatic rings. The lowest BCUT2D eigenvalue weighted by Gasteiger charge is -2.25. The van der Waals surface area contributed by atoms with Gasteiger partial charge in [-0.05, 0) is 57.8 Å². The van der Waals surface area contributed by atoms with Crippen LogP contribution in [-0.2, 0) is 33.3 Å². The third-order valence-electron chi connectivity index (χ3n) is 8.79. The molecule has 55 heavy (non-hydrogen) atoms. The van der Waals surface area contributed by atoms with Gasteiger partial charge in [0.1, 0.15) is 13.2 Å². The first-order chi connectivity index (χ1) is 26.6. The summed E-state index contributed by atoms with van der Waals surface area (Å²) in [6, 6.07) is 0. The number of nitrogens with zero attached hydrogens (tertiary/aromatic N) is 1. The SMILES string of the molecule is CC/C=C\C/C=C\C/C=C\C/C=C\C/C=C\CCCCCCCCCCCC(=O)OC(COC(=O)CCCCCCC)COC(OCC[N+](C)(C)C)C(=O)O. The Bertz CT molecular complexity index is 1090. The van der Waals surface area contributed by atoms with E-state index in [9.17, 15) is 19.5 Å². The molecule has 316 valence electrons. The van der Waals surface area contributed by atoms with Crippen molar-refractivity contribution in [2.24, 2.45) is 0 Å². The largest absolute Gasteiger partial charge is 0.477 e. The Morgan fingerprint density at radius 2 is 1.04 bits per heavy atom. The minimum Gasteiger partial charge on any atom is -0.477 e. The number of hydrogen-bond donors (Lipinski definition) is 1. The maximum absolute atomic E-state index is 12.7. The van der Waals surface area contributed by atoms with E-state index in [-0.39, 0.29) is 32.2 Å². The number of allylic oxidation sites excluding steroid dienone is 10. The summed E-state index contributed by atoms with van der Waals surface area (Å²) in [5.41, 5.74) is 0. The van der Waals surface area contributed by atoms with E-state index in [0.717, 1.165) is 89.9 Å². The third kappa shape index (κ3) is 39.0. The molecule has 2 unspecified atom stereocenters. The third-order valence-corrected chi connectivity index (χ3v) is 8.79. The molecule has 1 N–H and O–H groups in total. The molecule has 0 spiro atoms. The molecule has 2 atom stereocenters. The van der Waals surface area contributed by atoms with Crippen LogP contribution in [0, 0.1) is 0 Å². The normalized spacial score (nSPS) is 13.5. The highest BCUT2D eigenvalue weighted by Crippen LogP contribution is 2.13. The molecule has 0 aliphatic heterocycles. The maximum Gasteiger partial charge on any atom is 0.361 e. The van der Waals surface area contributed by atoms with Crippen LogP contribution in [0.2, 0.25) is 0 Å². The Balaban J connectivity index is 4.21. The van der Waals surface area contributed by atoms with Crippen LogP contribution in [0.3, 0.4) is 0 Å². The fourth-order valence-corrected chi connectivity index (χ4v) is 5.45. The number of carboxylic acid groups (broad SMARTS) is 1. The van der Waals surface area contributed by atoms with Crippen molar-refractivity contribution in [2.75, 3.05) is 47.5 Å². The summed E-state index contributed by atoms with van der Waals surface area (Å²) in [7, 11) is 5.93. The van der Waals surface area contributed by atoms with E-state index in [1.54, 1.807) is 0 Å². The van der Waals surface area contributed by atoms with Gasteiger partial charge in [-0.25, -0.2) is 4.79 Å². The van der Waals surface area contributed by atoms with Crippen molar-refractivity contribution in [3.8, 4) is 0 Å². The molecular weight excluding hydrogens is 695 g/mol. The van der Waals surface area contributed by atoms with Gasteiger partial charge in [0.05, 0.1) is 34.4 Å². The zero-order valence-electron chi connectivity index (χ0n) is 35.6. The van der Waals surface area contributed by atoms with Crippen LogP contribution in [0.25, 0.3) is 0 Å². The van der Waals surface area contributed by atoms with E-state index in [1.165, 1.54) is 32.1 Å². The predicted molar refractivity (Wildman–Crippen MR) is 226 cm³/mol. The second-order valence-electron chi connectivity index (χ2n) is 15.3. The topological polar surface area (TPSA) is 108 Å². The van der Waals surface area contributed by atoms with Crippen molar-refractivity contribution in [1.29, 1.82) is 0 Å². The minimum atomic E-state index is -1.51. The summed E-state index contributed by atoms with van der Waals surface area (Å²) in [5, 5.41) is 9.57. The number of carboxylic acids is 1. The van der Waals surface area contributed by atoms with Gasteiger partial charge in [0, 0.05) is 12.8 Å². The predicted octanol–water partition coefficient (Wildman–Crippen LogP) is 11.0. The average Bonchev–Trinajstić information content (AvgIpc) is 3.14. The second-order valence-corrected chi connectivity index (χ2v) is 15.3. The molecule has 0 bridgehead atoms. The van der Waals surface area contributed by atoms with Crippen LogP contribution in [-0.4, -0.2) is 87.4 Å². The van der Waals surface area contributed by atoms with Crippen molar-refractivity contribution < 1.29 is 42.9 Å². The first kappa shape index (κ1) is 52.0. The Morgan fingerprint density at radius 1 is 0.564 bits per heavy atom. The van der Waals surface area contributed by atoms with Gasteiger partial charge in [-0.15, -0.1) is 0 Å². The van der Waals surface area contributed by atoms with Gasteiger partial charge in [0.15, 0.2) is 6.10 Å². The molecule has 0 radical (unpaired) electrons. The zero-order chi connectivity index (χ0) is 40.7. The van der Waals surface area contributed by atoms with E-state index >= 15 is 0 Å². The number of ether oxygens (including phenoxy) is 4. The standard InChI is InChI=1S/C46H79NO8/c1-6-8-10-12-13-14-15-16-17-18-19-20-21-22-23-24-25-26-27-28-29-30-31-33-35-37-44(49)55-42(40-53-43(48)36-34-32-11-9-7-2)41-54-46(45(50)51)52-39-38-47(3,4)5/h8,10,13-14,16-17,19-20,22-23,42,46H,6-7,9,11-12,15,18,21,24-41H2,1-5H3/p+1/b10-8-,14-13-,17-16-,20-19-,23-22-. The summed E-state index contributed by atoms with van der Waals surface area (Å²) in [4.78, 5) is 36.7. The smallest absolute Gasteiger partial charge is 0.361 e. The van der Waals surface area contributed by atoms with Crippen LogP contribution >= 0.6 is 0 Å². The lowest BCUT2D eigenvalue weighted by atomic mass is 10.1. The first-order valence-corrected chi connectivity index (χ1v) is 21.5. The number of carbonyl (C=O) groups is 3. The summed E-state index contributed by atoms with van der Waals surface area (Å²) >= 11 is 0. The Hall–Kier alpha value is -3.01. The highest BCUT2D eigenvalue weighted by atomic mass is 16.7. The molecule has 0 aliphatic carbocycles. The van der Waals surface area contributed by atoms with Gasteiger partial charge >= 0.3 is 17.9 Å². The summed E-state index contributed by atoms with van der Waals surface area (Å²) in [6.07, 6.45) is 41.8. The molecule has 9 heteroatoms. The quantitative estimate of drug-likeness (QED) is 0.0217. The second kappa shape index (κ2) is 37.9. The highest BCUT2D eigenvalue weighted by molar-refractivity contribution is 5.71. The van der Waals surface area contributed by atoms with Crippen molar-refractivity contribution in [3.63, 3.8) is 0 Å². The molecule has 9 nitrogen and oxygen atoms in total. The fourth-order valence-electron chi connectivity index (χ4n) is 5.45. The van der Waals surface area contributed by atoms with Gasteiger partial charge in [-0.1, -0.05) is 145 Å². The Morgan fingerprint density at radius 3 is 1.55 bits per heavy atom. The summed E-state index contributed by atoms with van der Waals surface area (Å²) in [6.45, 7) is 4.63. The number of carbonyl (C=O) groups excluding carboxylic acids is 2.